The topological polar surface area (TPSA) is 88.2 Å². The van der Waals surface area contributed by atoms with Crippen molar-refractivity contribution in [2.75, 3.05) is 18.9 Å². The molecule has 0 aliphatic heterocycles. The van der Waals surface area contributed by atoms with E-state index in [1.54, 1.807) is 6.92 Å². The van der Waals surface area contributed by atoms with Crippen molar-refractivity contribution < 1.29 is 14.3 Å². The van der Waals surface area contributed by atoms with Crippen LogP contribution in [0.25, 0.3) is 0 Å². The molecule has 1 heterocycles. The van der Waals surface area contributed by atoms with Crippen molar-refractivity contribution >= 4 is 17.7 Å². The Morgan fingerprint density at radius 3 is 3.00 bits per heavy atom. The van der Waals surface area contributed by atoms with E-state index in [-0.39, 0.29) is 24.8 Å². The summed E-state index contributed by atoms with van der Waals surface area (Å²) in [5.74, 6) is 0.518. The smallest absolute Gasteiger partial charge is 0.277 e. The van der Waals surface area contributed by atoms with E-state index in [0.717, 1.165) is 0 Å². The van der Waals surface area contributed by atoms with Gasteiger partial charge in [0.25, 0.3) is 5.22 Å². The quantitative estimate of drug-likeness (QED) is 0.651. The summed E-state index contributed by atoms with van der Waals surface area (Å²) in [6.07, 6.45) is 0. The first kappa shape index (κ1) is 11.0. The molecule has 0 spiro atoms. The number of aliphatic hydroxyl groups is 1. The molecule has 6 nitrogen and oxygen atoms in total. The summed E-state index contributed by atoms with van der Waals surface area (Å²) in [5.41, 5.74) is 0. The molecule has 0 fully saturated rings. The van der Waals surface area contributed by atoms with E-state index in [0.29, 0.717) is 11.1 Å². The predicted molar refractivity (Wildman–Crippen MR) is 49.9 cm³/mol. The monoisotopic (exact) mass is 217 g/mol. The maximum atomic E-state index is 11.0. The second kappa shape index (κ2) is 5.61. The van der Waals surface area contributed by atoms with E-state index < -0.39 is 0 Å². The highest BCUT2D eigenvalue weighted by molar-refractivity contribution is 7.99. The van der Waals surface area contributed by atoms with Gasteiger partial charge in [-0.3, -0.25) is 4.79 Å². The zero-order valence-corrected chi connectivity index (χ0v) is 8.50. The number of aliphatic hydroxyl groups excluding tert-OH is 1. The van der Waals surface area contributed by atoms with Gasteiger partial charge in [0.1, 0.15) is 0 Å². The zero-order valence-electron chi connectivity index (χ0n) is 7.69. The van der Waals surface area contributed by atoms with Crippen molar-refractivity contribution in [3.05, 3.63) is 5.89 Å². The van der Waals surface area contributed by atoms with Crippen LogP contribution in [0.15, 0.2) is 9.64 Å². The van der Waals surface area contributed by atoms with Gasteiger partial charge in [-0.1, -0.05) is 11.8 Å². The number of aromatic nitrogens is 2. The van der Waals surface area contributed by atoms with Crippen molar-refractivity contribution in [1.29, 1.82) is 0 Å². The van der Waals surface area contributed by atoms with E-state index in [4.69, 9.17) is 9.52 Å². The minimum absolute atomic E-state index is 0.0595. The largest absolute Gasteiger partial charge is 0.416 e. The Kier molecular flexibility index (Phi) is 4.41. The Hall–Kier alpha value is -1.08. The molecule has 1 aromatic heterocycles. The number of carbonyl (C=O) groups is 1. The number of hydrogen-bond acceptors (Lipinski definition) is 6. The molecule has 0 aromatic carbocycles. The number of nitrogens with one attached hydrogen (secondary N) is 1. The van der Waals surface area contributed by atoms with Crippen LogP contribution >= 0.6 is 11.8 Å². The summed E-state index contributed by atoms with van der Waals surface area (Å²) >= 11 is 1.17. The lowest BCUT2D eigenvalue weighted by Crippen LogP contribution is -2.27. The fraction of sp³-hybridized carbons (Fsp3) is 0.571. The molecule has 0 radical (unpaired) electrons. The molecule has 0 aliphatic rings. The van der Waals surface area contributed by atoms with E-state index in [9.17, 15) is 4.79 Å². The van der Waals surface area contributed by atoms with Crippen LogP contribution in [-0.2, 0) is 4.79 Å². The summed E-state index contributed by atoms with van der Waals surface area (Å²) in [4.78, 5) is 11.0. The first-order chi connectivity index (χ1) is 6.72. The van der Waals surface area contributed by atoms with Crippen molar-refractivity contribution in [3.63, 3.8) is 0 Å². The first-order valence-electron chi connectivity index (χ1n) is 4.03. The molecule has 0 bridgehead atoms. The summed E-state index contributed by atoms with van der Waals surface area (Å²) in [5, 5.41) is 18.7. The molecule has 0 atom stereocenters. The number of nitrogens with zero attached hydrogens (tertiary/aromatic N) is 2. The van der Waals surface area contributed by atoms with Crippen LogP contribution in [0.4, 0.5) is 0 Å². The molecule has 0 saturated carbocycles. The normalized spacial score (nSPS) is 10.1. The molecule has 1 amide bonds. The fourth-order valence-electron chi connectivity index (χ4n) is 0.710. The number of aryl methyl sites for hydroxylation is 1. The molecule has 14 heavy (non-hydrogen) atoms. The van der Waals surface area contributed by atoms with Gasteiger partial charge in [0.05, 0.1) is 12.4 Å². The highest BCUT2D eigenvalue weighted by Crippen LogP contribution is 2.14. The van der Waals surface area contributed by atoms with Crippen LogP contribution in [0.5, 0.6) is 0 Å². The second-order valence-electron chi connectivity index (χ2n) is 2.45. The van der Waals surface area contributed by atoms with Crippen molar-refractivity contribution in [2.24, 2.45) is 0 Å². The van der Waals surface area contributed by atoms with Crippen molar-refractivity contribution in [3.8, 4) is 0 Å². The molecule has 7 heteroatoms. The third kappa shape index (κ3) is 3.75. The van der Waals surface area contributed by atoms with Crippen molar-refractivity contribution in [1.82, 2.24) is 15.5 Å². The molecular formula is C7H11N3O3S. The number of rotatable bonds is 5. The molecule has 78 valence electrons. The van der Waals surface area contributed by atoms with Gasteiger partial charge in [0, 0.05) is 13.5 Å². The molecule has 2 N–H and O–H groups in total. The average Bonchev–Trinajstić information content (AvgIpc) is 2.58. The number of hydrogen-bond donors (Lipinski definition) is 2. The summed E-state index contributed by atoms with van der Waals surface area (Å²) < 4.78 is 5.05. The molecule has 1 aromatic rings. The van der Waals surface area contributed by atoms with Crippen LogP contribution in [0.3, 0.4) is 0 Å². The first-order valence-corrected chi connectivity index (χ1v) is 5.01. The fourth-order valence-corrected chi connectivity index (χ4v) is 1.35. The standard InChI is InChI=1S/C7H11N3O3S/c1-5-9-10-7(13-5)14-4-6(12)8-2-3-11/h11H,2-4H2,1H3,(H,8,12). The predicted octanol–water partition coefficient (Wildman–Crippen LogP) is -0.421. The lowest BCUT2D eigenvalue weighted by molar-refractivity contribution is -0.118. The number of thioether (sulfide) groups is 1. The van der Waals surface area contributed by atoms with E-state index in [1.165, 1.54) is 11.8 Å². The average molecular weight is 217 g/mol. The highest BCUT2D eigenvalue weighted by Gasteiger charge is 2.06. The molecule has 0 saturated heterocycles. The Bertz CT molecular complexity index is 302. The van der Waals surface area contributed by atoms with Gasteiger partial charge < -0.3 is 14.8 Å². The van der Waals surface area contributed by atoms with Crippen LogP contribution in [0, 0.1) is 6.92 Å². The molecule has 1 rings (SSSR count). The number of amides is 1. The Morgan fingerprint density at radius 2 is 2.43 bits per heavy atom. The minimum atomic E-state index is -0.167. The summed E-state index contributed by atoms with van der Waals surface area (Å²) in [6, 6.07) is 0. The minimum Gasteiger partial charge on any atom is -0.416 e. The van der Waals surface area contributed by atoms with Gasteiger partial charge in [0.2, 0.25) is 11.8 Å². The molecular weight excluding hydrogens is 206 g/mol. The van der Waals surface area contributed by atoms with Gasteiger partial charge in [-0.25, -0.2) is 0 Å². The van der Waals surface area contributed by atoms with Crippen LogP contribution in [0.2, 0.25) is 0 Å². The Balaban J connectivity index is 2.23. The highest BCUT2D eigenvalue weighted by atomic mass is 32.2. The van der Waals surface area contributed by atoms with Gasteiger partial charge in [-0.2, -0.15) is 0 Å². The third-order valence-corrected chi connectivity index (χ3v) is 2.09. The zero-order chi connectivity index (χ0) is 10.4. The van der Waals surface area contributed by atoms with E-state index in [1.807, 2.05) is 0 Å². The molecule has 0 aliphatic carbocycles. The van der Waals surface area contributed by atoms with Crippen LogP contribution in [0.1, 0.15) is 5.89 Å². The van der Waals surface area contributed by atoms with E-state index in [2.05, 4.69) is 15.5 Å². The molecule has 0 unspecified atom stereocenters. The van der Waals surface area contributed by atoms with Crippen molar-refractivity contribution in [2.45, 2.75) is 12.1 Å². The van der Waals surface area contributed by atoms with Gasteiger partial charge >= 0.3 is 0 Å². The van der Waals surface area contributed by atoms with Crippen LogP contribution < -0.4 is 5.32 Å². The SMILES string of the molecule is Cc1nnc(SCC(=O)NCCO)o1. The summed E-state index contributed by atoms with van der Waals surface area (Å²) in [6.45, 7) is 1.89. The number of carbonyl (C=O) groups excluding carboxylic acids is 1. The maximum Gasteiger partial charge on any atom is 0.277 e. The Labute approximate surface area is 85.1 Å². The Morgan fingerprint density at radius 1 is 1.64 bits per heavy atom. The lowest BCUT2D eigenvalue weighted by atomic mass is 10.6. The second-order valence-corrected chi connectivity index (χ2v) is 3.38. The third-order valence-electron chi connectivity index (χ3n) is 1.27. The maximum absolute atomic E-state index is 11.0. The van der Waals surface area contributed by atoms with Gasteiger partial charge in [-0.15, -0.1) is 10.2 Å². The van der Waals surface area contributed by atoms with Gasteiger partial charge in [0.15, 0.2) is 0 Å². The van der Waals surface area contributed by atoms with Crippen LogP contribution in [-0.4, -0.2) is 40.1 Å². The van der Waals surface area contributed by atoms with Gasteiger partial charge in [-0.05, 0) is 0 Å². The lowest BCUT2D eigenvalue weighted by Gasteiger charge is -1.99. The van der Waals surface area contributed by atoms with E-state index >= 15 is 0 Å². The summed E-state index contributed by atoms with van der Waals surface area (Å²) in [7, 11) is 0.